The molecule has 104 valence electrons. The molecule has 2 N–H and O–H groups in total. The average molecular weight is 288 g/mol. The van der Waals surface area contributed by atoms with Gasteiger partial charge in [-0.15, -0.1) is 0 Å². The second-order valence-corrected chi connectivity index (χ2v) is 4.46. The Kier molecular flexibility index (Phi) is 4.66. The Morgan fingerprint density at radius 3 is 2.63 bits per heavy atom. The first kappa shape index (κ1) is 15.2. The minimum atomic E-state index is -1.28. The maximum absolute atomic E-state index is 11.3. The molecule has 1 heterocycles. The van der Waals surface area contributed by atoms with Gasteiger partial charge in [0, 0.05) is 6.04 Å². The van der Waals surface area contributed by atoms with Crippen molar-refractivity contribution in [3.8, 4) is 0 Å². The first-order valence-electron chi connectivity index (χ1n) is 5.63. The van der Waals surface area contributed by atoms with Gasteiger partial charge in [0.25, 0.3) is 0 Å². The third-order valence-corrected chi connectivity index (χ3v) is 2.97. The van der Waals surface area contributed by atoms with E-state index in [1.807, 2.05) is 6.92 Å². The van der Waals surface area contributed by atoms with Crippen LogP contribution in [0.2, 0.25) is 5.15 Å². The molecule has 1 aromatic heterocycles. The number of hydrogen-bond acceptors (Lipinski definition) is 5. The van der Waals surface area contributed by atoms with Gasteiger partial charge >= 0.3 is 11.7 Å². The zero-order valence-electron chi connectivity index (χ0n) is 10.7. The molecule has 0 fully saturated rings. The fourth-order valence-electron chi connectivity index (χ4n) is 1.58. The molecule has 0 saturated carbocycles. The second kappa shape index (κ2) is 5.83. The van der Waals surface area contributed by atoms with E-state index in [0.717, 1.165) is 0 Å². The number of carbonyl (C=O) groups is 1. The van der Waals surface area contributed by atoms with Crippen molar-refractivity contribution >= 4 is 28.9 Å². The number of aromatic carboxylic acids is 1. The average Bonchev–Trinajstić information content (AvgIpc) is 2.26. The molecule has 0 aromatic carbocycles. The Morgan fingerprint density at radius 1 is 1.63 bits per heavy atom. The lowest BCUT2D eigenvalue weighted by molar-refractivity contribution is -0.384. The van der Waals surface area contributed by atoms with Crippen LogP contribution in [-0.4, -0.2) is 27.0 Å². The monoisotopic (exact) mass is 287 g/mol. The third kappa shape index (κ3) is 3.11. The molecule has 0 saturated heterocycles. The van der Waals surface area contributed by atoms with Crippen molar-refractivity contribution in [1.29, 1.82) is 0 Å². The second-order valence-electron chi connectivity index (χ2n) is 4.10. The summed E-state index contributed by atoms with van der Waals surface area (Å²) in [5, 5.41) is 22.7. The van der Waals surface area contributed by atoms with Crippen LogP contribution in [0.15, 0.2) is 0 Å². The molecule has 1 rings (SSSR count). The Hall–Kier alpha value is -1.89. The van der Waals surface area contributed by atoms with E-state index in [9.17, 15) is 20.0 Å². The van der Waals surface area contributed by atoms with Gasteiger partial charge in [-0.2, -0.15) is 0 Å². The van der Waals surface area contributed by atoms with Gasteiger partial charge in [0.2, 0.25) is 5.15 Å². The lowest BCUT2D eigenvalue weighted by atomic mass is 10.1. The standard InChI is InChI=1S/C11H14ClN3O4/c1-4-5(2)13-8-7(11(16)17)6(3)14-10(12)9(8)15(18)19/h5H,4H2,1-3H3,(H,13,14)(H,16,17). The van der Waals surface area contributed by atoms with E-state index in [2.05, 4.69) is 10.3 Å². The van der Waals surface area contributed by atoms with Gasteiger partial charge in [0.15, 0.2) is 0 Å². The van der Waals surface area contributed by atoms with Gasteiger partial charge in [0.05, 0.1) is 10.6 Å². The fraction of sp³-hybridized carbons (Fsp3) is 0.455. The Labute approximate surface area is 114 Å². The van der Waals surface area contributed by atoms with Crippen LogP contribution in [-0.2, 0) is 0 Å². The maximum atomic E-state index is 11.3. The summed E-state index contributed by atoms with van der Waals surface area (Å²) in [6, 6.07) is -0.130. The molecular formula is C11H14ClN3O4. The van der Waals surface area contributed by atoms with Gasteiger partial charge in [0.1, 0.15) is 11.3 Å². The topological polar surface area (TPSA) is 105 Å². The molecular weight excluding hydrogens is 274 g/mol. The van der Waals surface area contributed by atoms with Crippen LogP contribution in [0.3, 0.4) is 0 Å². The van der Waals surface area contributed by atoms with E-state index in [4.69, 9.17) is 11.6 Å². The number of halogens is 1. The Balaban J connectivity index is 3.58. The van der Waals surface area contributed by atoms with Crippen LogP contribution < -0.4 is 5.32 Å². The van der Waals surface area contributed by atoms with Crippen LogP contribution in [0, 0.1) is 17.0 Å². The van der Waals surface area contributed by atoms with Crippen molar-refractivity contribution in [2.45, 2.75) is 33.2 Å². The van der Waals surface area contributed by atoms with Gasteiger partial charge in [-0.3, -0.25) is 10.1 Å². The number of nitro groups is 1. The predicted octanol–water partition coefficient (Wildman–Crippen LogP) is 2.86. The zero-order valence-corrected chi connectivity index (χ0v) is 11.5. The Morgan fingerprint density at radius 2 is 2.21 bits per heavy atom. The number of hydrogen-bond donors (Lipinski definition) is 2. The number of rotatable bonds is 5. The molecule has 0 aliphatic heterocycles. The first-order chi connectivity index (χ1) is 8.79. The number of aryl methyl sites for hydroxylation is 1. The number of anilines is 1. The van der Waals surface area contributed by atoms with E-state index in [1.54, 1.807) is 6.92 Å². The van der Waals surface area contributed by atoms with Crippen molar-refractivity contribution in [1.82, 2.24) is 4.98 Å². The van der Waals surface area contributed by atoms with Crippen LogP contribution >= 0.6 is 11.6 Å². The minimum absolute atomic E-state index is 0.0932. The molecule has 0 aliphatic carbocycles. The van der Waals surface area contributed by atoms with Crippen molar-refractivity contribution < 1.29 is 14.8 Å². The quantitative estimate of drug-likeness (QED) is 0.490. The van der Waals surface area contributed by atoms with Crippen LogP contribution in [0.5, 0.6) is 0 Å². The van der Waals surface area contributed by atoms with E-state index in [-0.39, 0.29) is 28.1 Å². The number of carboxylic acid groups (broad SMARTS) is 1. The van der Waals surface area contributed by atoms with Gasteiger partial charge in [-0.25, -0.2) is 9.78 Å². The highest BCUT2D eigenvalue weighted by Crippen LogP contribution is 2.36. The van der Waals surface area contributed by atoms with Crippen molar-refractivity contribution in [2.24, 2.45) is 0 Å². The van der Waals surface area contributed by atoms with E-state index < -0.39 is 16.6 Å². The summed E-state index contributed by atoms with van der Waals surface area (Å²) in [6.07, 6.45) is 0.676. The largest absolute Gasteiger partial charge is 0.478 e. The molecule has 1 unspecified atom stereocenters. The van der Waals surface area contributed by atoms with Crippen LogP contribution in [0.4, 0.5) is 11.4 Å². The van der Waals surface area contributed by atoms with Crippen molar-refractivity contribution in [3.63, 3.8) is 0 Å². The van der Waals surface area contributed by atoms with Crippen LogP contribution in [0.25, 0.3) is 0 Å². The predicted molar refractivity (Wildman–Crippen MR) is 71.0 cm³/mol. The molecule has 8 heteroatoms. The summed E-state index contributed by atoms with van der Waals surface area (Å²) >= 11 is 5.75. The number of pyridine rings is 1. The van der Waals surface area contributed by atoms with E-state index in [0.29, 0.717) is 6.42 Å². The van der Waals surface area contributed by atoms with Crippen molar-refractivity contribution in [3.05, 3.63) is 26.5 Å². The molecule has 0 aliphatic rings. The highest BCUT2D eigenvalue weighted by molar-refractivity contribution is 6.32. The summed E-state index contributed by atoms with van der Waals surface area (Å²) in [5.74, 6) is -1.28. The molecule has 0 amide bonds. The summed E-state index contributed by atoms with van der Waals surface area (Å²) in [6.45, 7) is 5.11. The summed E-state index contributed by atoms with van der Waals surface area (Å²) in [7, 11) is 0. The van der Waals surface area contributed by atoms with Gasteiger partial charge < -0.3 is 10.4 Å². The lowest BCUT2D eigenvalue weighted by Crippen LogP contribution is -2.19. The van der Waals surface area contributed by atoms with E-state index in [1.165, 1.54) is 6.92 Å². The molecule has 19 heavy (non-hydrogen) atoms. The number of aromatic nitrogens is 1. The van der Waals surface area contributed by atoms with Crippen molar-refractivity contribution in [2.75, 3.05) is 5.32 Å². The van der Waals surface area contributed by atoms with E-state index >= 15 is 0 Å². The number of nitrogens with one attached hydrogen (secondary N) is 1. The molecule has 1 aromatic rings. The highest BCUT2D eigenvalue weighted by atomic mass is 35.5. The smallest absolute Gasteiger partial charge is 0.339 e. The summed E-state index contributed by atoms with van der Waals surface area (Å²) < 4.78 is 0. The maximum Gasteiger partial charge on any atom is 0.339 e. The molecule has 0 spiro atoms. The molecule has 0 bridgehead atoms. The Bertz CT molecular complexity index is 495. The van der Waals surface area contributed by atoms with Gasteiger partial charge in [-0.05, 0) is 20.3 Å². The van der Waals surface area contributed by atoms with Crippen LogP contribution in [0.1, 0.15) is 36.3 Å². The fourth-order valence-corrected chi connectivity index (χ4v) is 1.87. The minimum Gasteiger partial charge on any atom is -0.478 e. The first-order valence-corrected chi connectivity index (χ1v) is 6.01. The molecule has 1 atom stereocenters. The summed E-state index contributed by atoms with van der Waals surface area (Å²) in [4.78, 5) is 25.3. The SMILES string of the molecule is CCC(C)Nc1c(C(=O)O)c(C)nc(Cl)c1[N+](=O)[O-]. The normalized spacial score (nSPS) is 12.0. The number of nitrogens with zero attached hydrogens (tertiary/aromatic N) is 2. The summed E-state index contributed by atoms with van der Waals surface area (Å²) in [5.41, 5.74) is -0.695. The zero-order chi connectivity index (χ0) is 14.7. The lowest BCUT2D eigenvalue weighted by Gasteiger charge is -2.16. The van der Waals surface area contributed by atoms with Gasteiger partial charge in [-0.1, -0.05) is 18.5 Å². The number of carboxylic acids is 1. The highest BCUT2D eigenvalue weighted by Gasteiger charge is 2.29. The molecule has 7 nitrogen and oxygen atoms in total. The third-order valence-electron chi connectivity index (χ3n) is 2.71. The molecule has 0 radical (unpaired) electrons.